The predicted octanol–water partition coefficient (Wildman–Crippen LogP) is 1.98. The molecule has 0 aliphatic heterocycles. The summed E-state index contributed by atoms with van der Waals surface area (Å²) in [6, 6.07) is 4.03. The average Bonchev–Trinajstić information content (AvgIpc) is 2.28. The summed E-state index contributed by atoms with van der Waals surface area (Å²) in [4.78, 5) is 6.56. The number of nitrogens with one attached hydrogen (secondary N) is 1. The fourth-order valence-corrected chi connectivity index (χ4v) is 1.52. The topological polar surface area (TPSA) is 37.4 Å². The molecule has 1 aromatic heterocycles. The number of hydrogen-bond acceptors (Lipinski definition) is 4. The second-order valence-corrected chi connectivity index (χ2v) is 4.44. The van der Waals surface area contributed by atoms with Crippen molar-refractivity contribution in [3.63, 3.8) is 0 Å². The Morgan fingerprint density at radius 2 is 2.24 bits per heavy atom. The van der Waals surface area contributed by atoms with Crippen LogP contribution in [0, 0.1) is 0 Å². The summed E-state index contributed by atoms with van der Waals surface area (Å²) >= 11 is 0. The number of anilines is 1. The third-order valence-electron chi connectivity index (χ3n) is 2.46. The minimum atomic E-state index is 0.300. The van der Waals surface area contributed by atoms with E-state index in [-0.39, 0.29) is 0 Å². The second-order valence-electron chi connectivity index (χ2n) is 4.44. The van der Waals surface area contributed by atoms with Crippen molar-refractivity contribution in [2.75, 3.05) is 32.6 Å². The normalized spacial score (nSPS) is 11.2. The first kappa shape index (κ1) is 13.9. The van der Waals surface area contributed by atoms with Crippen molar-refractivity contribution in [2.45, 2.75) is 26.5 Å². The number of ether oxygens (including phenoxy) is 1. The van der Waals surface area contributed by atoms with Gasteiger partial charge >= 0.3 is 0 Å². The molecule has 17 heavy (non-hydrogen) atoms. The molecule has 1 aromatic rings. The first-order valence-corrected chi connectivity index (χ1v) is 6.04. The van der Waals surface area contributed by atoms with Crippen molar-refractivity contribution < 1.29 is 4.74 Å². The number of pyridine rings is 1. The Labute approximate surface area is 104 Å². The molecule has 0 unspecified atom stereocenters. The van der Waals surface area contributed by atoms with Crippen LogP contribution in [-0.4, -0.2) is 43.2 Å². The van der Waals surface area contributed by atoms with Crippen LogP contribution in [0.3, 0.4) is 0 Å². The number of aromatic nitrogens is 1. The van der Waals surface area contributed by atoms with E-state index in [1.165, 1.54) is 0 Å². The van der Waals surface area contributed by atoms with Crippen LogP contribution in [0.5, 0.6) is 0 Å². The summed E-state index contributed by atoms with van der Waals surface area (Å²) < 4.78 is 5.52. The van der Waals surface area contributed by atoms with Crippen molar-refractivity contribution in [1.29, 1.82) is 0 Å². The van der Waals surface area contributed by atoms with Crippen molar-refractivity contribution in [2.24, 2.45) is 0 Å². The number of likely N-dealkylation sites (N-methyl/N-ethyl adjacent to an activating group) is 1. The molecule has 0 aliphatic rings. The SMILES string of the molecule is CNc1ccnc(CN(C)CCOC(C)C)c1. The number of rotatable bonds is 7. The van der Waals surface area contributed by atoms with Gasteiger partial charge in [0.25, 0.3) is 0 Å². The molecule has 1 N–H and O–H groups in total. The maximum absolute atomic E-state index is 5.52. The van der Waals surface area contributed by atoms with Crippen molar-refractivity contribution in [3.05, 3.63) is 24.0 Å². The quantitative estimate of drug-likeness (QED) is 0.787. The zero-order valence-corrected chi connectivity index (χ0v) is 11.2. The summed E-state index contributed by atoms with van der Waals surface area (Å²) in [5.41, 5.74) is 2.17. The fraction of sp³-hybridized carbons (Fsp3) is 0.615. The molecule has 1 rings (SSSR count). The molecule has 0 fully saturated rings. The molecule has 4 nitrogen and oxygen atoms in total. The summed E-state index contributed by atoms with van der Waals surface area (Å²) in [5, 5.41) is 3.12. The highest BCUT2D eigenvalue weighted by Gasteiger charge is 2.03. The van der Waals surface area contributed by atoms with Gasteiger partial charge in [0.2, 0.25) is 0 Å². The molecule has 0 radical (unpaired) electrons. The van der Waals surface area contributed by atoms with Crippen LogP contribution < -0.4 is 5.32 Å². The van der Waals surface area contributed by atoms with Crippen molar-refractivity contribution >= 4 is 5.69 Å². The van der Waals surface area contributed by atoms with Gasteiger partial charge in [0.15, 0.2) is 0 Å². The third kappa shape index (κ3) is 5.65. The largest absolute Gasteiger partial charge is 0.388 e. The van der Waals surface area contributed by atoms with Crippen LogP contribution in [0.25, 0.3) is 0 Å². The molecule has 0 amide bonds. The van der Waals surface area contributed by atoms with Crippen LogP contribution in [-0.2, 0) is 11.3 Å². The van der Waals surface area contributed by atoms with E-state index < -0.39 is 0 Å². The Morgan fingerprint density at radius 3 is 2.88 bits per heavy atom. The van der Waals surface area contributed by atoms with Gasteiger partial charge in [0.1, 0.15) is 0 Å². The Hall–Kier alpha value is -1.13. The van der Waals surface area contributed by atoms with Gasteiger partial charge in [-0.2, -0.15) is 0 Å². The van der Waals surface area contributed by atoms with Crippen LogP contribution in [0.15, 0.2) is 18.3 Å². The van der Waals surface area contributed by atoms with Gasteiger partial charge in [0, 0.05) is 32.0 Å². The molecule has 0 aliphatic carbocycles. The number of nitrogens with zero attached hydrogens (tertiary/aromatic N) is 2. The molecular weight excluding hydrogens is 214 g/mol. The lowest BCUT2D eigenvalue weighted by Crippen LogP contribution is -2.24. The van der Waals surface area contributed by atoms with Gasteiger partial charge in [-0.15, -0.1) is 0 Å². The molecule has 0 aromatic carbocycles. The maximum Gasteiger partial charge on any atom is 0.0596 e. The Balaban J connectivity index is 2.36. The summed E-state index contributed by atoms with van der Waals surface area (Å²) in [6.07, 6.45) is 2.13. The standard InChI is InChI=1S/C13H23N3O/c1-11(2)17-8-7-16(4)10-13-9-12(14-3)5-6-15-13/h5-6,9,11H,7-8,10H2,1-4H3,(H,14,15). The van der Waals surface area contributed by atoms with E-state index in [4.69, 9.17) is 4.74 Å². The van der Waals surface area contributed by atoms with E-state index in [2.05, 4.69) is 42.2 Å². The molecule has 0 atom stereocenters. The summed E-state index contributed by atoms with van der Waals surface area (Å²) in [6.45, 7) is 6.64. The van der Waals surface area contributed by atoms with Crippen LogP contribution in [0.1, 0.15) is 19.5 Å². The molecule has 0 bridgehead atoms. The lowest BCUT2D eigenvalue weighted by molar-refractivity contribution is 0.0625. The summed E-state index contributed by atoms with van der Waals surface area (Å²) in [5.74, 6) is 0. The van der Waals surface area contributed by atoms with E-state index in [1.54, 1.807) is 0 Å². The zero-order chi connectivity index (χ0) is 12.7. The van der Waals surface area contributed by atoms with Crippen LogP contribution >= 0.6 is 0 Å². The first-order chi connectivity index (χ1) is 8.11. The molecule has 0 spiro atoms. The molecule has 1 heterocycles. The highest BCUT2D eigenvalue weighted by Crippen LogP contribution is 2.08. The van der Waals surface area contributed by atoms with Crippen LogP contribution in [0.4, 0.5) is 5.69 Å². The highest BCUT2D eigenvalue weighted by molar-refractivity contribution is 5.42. The highest BCUT2D eigenvalue weighted by atomic mass is 16.5. The lowest BCUT2D eigenvalue weighted by Gasteiger charge is -2.17. The lowest BCUT2D eigenvalue weighted by atomic mass is 10.3. The monoisotopic (exact) mass is 237 g/mol. The average molecular weight is 237 g/mol. The minimum absolute atomic E-state index is 0.300. The molecule has 0 saturated heterocycles. The maximum atomic E-state index is 5.52. The second kappa shape index (κ2) is 7.25. The molecular formula is C13H23N3O. The Bertz CT molecular complexity index is 328. The Morgan fingerprint density at radius 1 is 1.47 bits per heavy atom. The molecule has 96 valence electrons. The smallest absolute Gasteiger partial charge is 0.0596 e. The molecule has 4 heteroatoms. The van der Waals surface area contributed by atoms with Crippen molar-refractivity contribution in [1.82, 2.24) is 9.88 Å². The third-order valence-corrected chi connectivity index (χ3v) is 2.46. The minimum Gasteiger partial charge on any atom is -0.388 e. The van der Waals surface area contributed by atoms with Gasteiger partial charge < -0.3 is 10.1 Å². The van der Waals surface area contributed by atoms with E-state index in [9.17, 15) is 0 Å². The summed E-state index contributed by atoms with van der Waals surface area (Å²) in [7, 11) is 4.00. The van der Waals surface area contributed by atoms with E-state index in [1.807, 2.05) is 19.3 Å². The van der Waals surface area contributed by atoms with Crippen molar-refractivity contribution in [3.8, 4) is 0 Å². The zero-order valence-electron chi connectivity index (χ0n) is 11.2. The Kier molecular flexibility index (Phi) is 5.94. The fourth-order valence-electron chi connectivity index (χ4n) is 1.52. The molecule has 0 saturated carbocycles. The van der Waals surface area contributed by atoms with Gasteiger partial charge in [-0.05, 0) is 33.0 Å². The van der Waals surface area contributed by atoms with Gasteiger partial charge in [-0.1, -0.05) is 0 Å². The van der Waals surface area contributed by atoms with Crippen LogP contribution in [0.2, 0.25) is 0 Å². The predicted molar refractivity (Wildman–Crippen MR) is 71.2 cm³/mol. The van der Waals surface area contributed by atoms with Gasteiger partial charge in [-0.3, -0.25) is 9.88 Å². The van der Waals surface area contributed by atoms with E-state index in [0.717, 1.165) is 31.1 Å². The number of hydrogen-bond donors (Lipinski definition) is 1. The van der Waals surface area contributed by atoms with Gasteiger partial charge in [-0.25, -0.2) is 0 Å². The van der Waals surface area contributed by atoms with Gasteiger partial charge in [0.05, 0.1) is 18.4 Å². The first-order valence-electron chi connectivity index (χ1n) is 6.04. The van der Waals surface area contributed by atoms with E-state index in [0.29, 0.717) is 6.10 Å². The van der Waals surface area contributed by atoms with E-state index >= 15 is 0 Å².